The van der Waals surface area contributed by atoms with E-state index in [-0.39, 0.29) is 10.7 Å². The highest BCUT2D eigenvalue weighted by molar-refractivity contribution is 6.29. The molecule has 1 heterocycles. The van der Waals surface area contributed by atoms with Crippen LogP contribution in [0.2, 0.25) is 5.15 Å². The minimum Gasteiger partial charge on any atom is -0.365 e. The number of halogens is 1. The number of nitrogens with one attached hydrogen (secondary N) is 1. The van der Waals surface area contributed by atoms with Gasteiger partial charge in [-0.3, -0.25) is 9.59 Å². The smallest absolute Gasteiger partial charge is 0.277 e. The molecule has 1 rings (SSSR count). The second-order valence-electron chi connectivity index (χ2n) is 1.80. The van der Waals surface area contributed by atoms with Crippen molar-refractivity contribution in [3.8, 4) is 0 Å². The number of carbonyl (C=O) groups is 1. The van der Waals surface area contributed by atoms with Crippen LogP contribution in [0.15, 0.2) is 10.9 Å². The third kappa shape index (κ3) is 1.56. The normalized spacial score (nSPS) is 9.55. The van der Waals surface area contributed by atoms with Crippen molar-refractivity contribution in [1.29, 1.82) is 0 Å². The molecule has 0 spiro atoms. The van der Waals surface area contributed by atoms with Crippen LogP contribution in [-0.2, 0) is 0 Å². The lowest BCUT2D eigenvalue weighted by molar-refractivity contribution is 0.0998. The van der Waals surface area contributed by atoms with E-state index in [0.717, 1.165) is 6.07 Å². The Kier molecular flexibility index (Phi) is 1.91. The summed E-state index contributed by atoms with van der Waals surface area (Å²) in [5, 5.41) is 5.38. The van der Waals surface area contributed by atoms with Crippen LogP contribution in [0.3, 0.4) is 0 Å². The molecule has 6 heteroatoms. The highest BCUT2D eigenvalue weighted by Gasteiger charge is 2.06. The van der Waals surface area contributed by atoms with Crippen LogP contribution in [0, 0.1) is 0 Å². The van der Waals surface area contributed by atoms with E-state index in [4.69, 9.17) is 17.3 Å². The second kappa shape index (κ2) is 2.71. The minimum absolute atomic E-state index is 0.0263. The Morgan fingerprint density at radius 1 is 1.73 bits per heavy atom. The van der Waals surface area contributed by atoms with Gasteiger partial charge in [-0.05, 0) is 6.07 Å². The van der Waals surface area contributed by atoms with E-state index < -0.39 is 11.5 Å². The van der Waals surface area contributed by atoms with Crippen LogP contribution in [0.4, 0.5) is 0 Å². The van der Waals surface area contributed by atoms with E-state index in [1.807, 2.05) is 5.10 Å². The number of hydrogen-bond acceptors (Lipinski definition) is 3. The van der Waals surface area contributed by atoms with Gasteiger partial charge < -0.3 is 5.73 Å². The van der Waals surface area contributed by atoms with Crippen molar-refractivity contribution >= 4 is 17.5 Å². The number of rotatable bonds is 1. The monoisotopic (exact) mass is 173 g/mol. The molecule has 0 bridgehead atoms. The summed E-state index contributed by atoms with van der Waals surface area (Å²) >= 11 is 5.37. The molecule has 0 atom stereocenters. The number of hydrogen-bond donors (Lipinski definition) is 2. The van der Waals surface area contributed by atoms with Gasteiger partial charge in [-0.1, -0.05) is 11.6 Å². The number of primary amides is 1. The van der Waals surface area contributed by atoms with Gasteiger partial charge in [0.2, 0.25) is 0 Å². The summed E-state index contributed by atoms with van der Waals surface area (Å²) in [6.07, 6.45) is 0. The molecule has 1 aromatic rings. The molecule has 3 N–H and O–H groups in total. The molecule has 58 valence electrons. The lowest BCUT2D eigenvalue weighted by atomic mass is 10.3. The highest BCUT2D eigenvalue weighted by atomic mass is 35.5. The number of nitrogens with zero attached hydrogens (tertiary/aromatic N) is 1. The lowest BCUT2D eigenvalue weighted by Crippen LogP contribution is -2.23. The van der Waals surface area contributed by atoms with Gasteiger partial charge >= 0.3 is 0 Å². The second-order valence-corrected chi connectivity index (χ2v) is 2.18. The molecule has 0 radical (unpaired) electrons. The van der Waals surface area contributed by atoms with Crippen LogP contribution in [0.1, 0.15) is 10.4 Å². The van der Waals surface area contributed by atoms with Crippen LogP contribution in [-0.4, -0.2) is 16.1 Å². The van der Waals surface area contributed by atoms with Crippen molar-refractivity contribution < 1.29 is 4.79 Å². The van der Waals surface area contributed by atoms with Gasteiger partial charge in [-0.2, -0.15) is 5.10 Å². The van der Waals surface area contributed by atoms with Crippen molar-refractivity contribution in [2.24, 2.45) is 5.73 Å². The predicted octanol–water partition coefficient (Wildman–Crippen LogP) is -0.478. The van der Waals surface area contributed by atoms with Gasteiger partial charge in [0.05, 0.1) is 0 Å². The standard InChI is InChI=1S/C5H4ClN3O2/c6-3-1-2(4(7)10)5(11)9-8-3/h1H,(H2,7,10)(H,9,11). The van der Waals surface area contributed by atoms with Gasteiger partial charge in [0, 0.05) is 0 Å². The average molecular weight is 174 g/mol. The molecule has 1 amide bonds. The summed E-state index contributed by atoms with van der Waals surface area (Å²) in [5.74, 6) is -0.824. The van der Waals surface area contributed by atoms with Crippen molar-refractivity contribution in [2.75, 3.05) is 0 Å². The third-order valence-corrected chi connectivity index (χ3v) is 1.23. The first-order valence-electron chi connectivity index (χ1n) is 2.66. The Labute approximate surface area is 66.2 Å². The molecule has 5 nitrogen and oxygen atoms in total. The molecule has 0 saturated heterocycles. The van der Waals surface area contributed by atoms with Gasteiger partial charge in [0.15, 0.2) is 0 Å². The number of nitrogens with two attached hydrogens (primary N) is 1. The van der Waals surface area contributed by atoms with E-state index in [1.54, 1.807) is 0 Å². The zero-order valence-electron chi connectivity index (χ0n) is 5.30. The summed E-state index contributed by atoms with van der Waals surface area (Å²) in [5.41, 5.74) is 4.01. The number of aromatic amines is 1. The van der Waals surface area contributed by atoms with Crippen molar-refractivity contribution in [2.45, 2.75) is 0 Å². The molecule has 0 aliphatic heterocycles. The Bertz CT molecular complexity index is 346. The molecular weight excluding hydrogens is 170 g/mol. The molecule has 0 saturated carbocycles. The number of amides is 1. The third-order valence-electron chi connectivity index (χ3n) is 1.04. The van der Waals surface area contributed by atoms with Gasteiger partial charge in [0.1, 0.15) is 10.7 Å². The molecule has 0 fully saturated rings. The SMILES string of the molecule is NC(=O)c1cc(Cl)n[nH]c1=O. The van der Waals surface area contributed by atoms with Crippen molar-refractivity contribution in [1.82, 2.24) is 10.2 Å². The molecule has 0 unspecified atom stereocenters. The Hall–Kier alpha value is -1.36. The first kappa shape index (κ1) is 7.74. The molecule has 11 heavy (non-hydrogen) atoms. The fourth-order valence-corrected chi connectivity index (χ4v) is 0.716. The molecule has 0 aliphatic rings. The van der Waals surface area contributed by atoms with Crippen LogP contribution < -0.4 is 11.3 Å². The Morgan fingerprint density at radius 2 is 2.36 bits per heavy atom. The summed E-state index contributed by atoms with van der Waals surface area (Å²) in [4.78, 5) is 21.2. The first-order valence-corrected chi connectivity index (χ1v) is 3.04. The molecule has 0 aromatic carbocycles. The summed E-state index contributed by atoms with van der Waals surface area (Å²) in [6, 6.07) is 1.11. The predicted molar refractivity (Wildman–Crippen MR) is 38.4 cm³/mol. The largest absolute Gasteiger partial charge is 0.365 e. The van der Waals surface area contributed by atoms with Crippen LogP contribution in [0.5, 0.6) is 0 Å². The van der Waals surface area contributed by atoms with E-state index in [9.17, 15) is 9.59 Å². The van der Waals surface area contributed by atoms with E-state index in [0.29, 0.717) is 0 Å². The van der Waals surface area contributed by atoms with Gasteiger partial charge in [-0.15, -0.1) is 0 Å². The summed E-state index contributed by atoms with van der Waals surface area (Å²) in [7, 11) is 0. The first-order chi connectivity index (χ1) is 5.11. The Morgan fingerprint density at radius 3 is 2.82 bits per heavy atom. The lowest BCUT2D eigenvalue weighted by Gasteiger charge is -1.91. The van der Waals surface area contributed by atoms with Crippen molar-refractivity contribution in [3.63, 3.8) is 0 Å². The zero-order chi connectivity index (χ0) is 8.43. The highest BCUT2D eigenvalue weighted by Crippen LogP contribution is 2.00. The fraction of sp³-hybridized carbons (Fsp3) is 0. The number of carbonyl (C=O) groups excluding carboxylic acids is 1. The van der Waals surface area contributed by atoms with E-state index in [2.05, 4.69) is 5.10 Å². The van der Waals surface area contributed by atoms with Crippen molar-refractivity contribution in [3.05, 3.63) is 27.1 Å². The summed E-state index contributed by atoms with van der Waals surface area (Å²) in [6.45, 7) is 0. The van der Waals surface area contributed by atoms with Gasteiger partial charge in [-0.25, -0.2) is 5.10 Å². The van der Waals surface area contributed by atoms with Gasteiger partial charge in [0.25, 0.3) is 11.5 Å². The molecular formula is C5H4ClN3O2. The molecule has 0 aliphatic carbocycles. The number of aromatic nitrogens is 2. The van der Waals surface area contributed by atoms with Crippen LogP contribution in [0.25, 0.3) is 0 Å². The minimum atomic E-state index is -0.824. The van der Waals surface area contributed by atoms with E-state index >= 15 is 0 Å². The quantitative estimate of drug-likeness (QED) is 0.601. The topological polar surface area (TPSA) is 88.8 Å². The fourth-order valence-electron chi connectivity index (χ4n) is 0.564. The Balaban J connectivity index is 3.35. The van der Waals surface area contributed by atoms with Crippen LogP contribution >= 0.6 is 11.6 Å². The average Bonchev–Trinajstić information content (AvgIpc) is 1.94. The maximum atomic E-state index is 10.7. The summed E-state index contributed by atoms with van der Waals surface area (Å²) < 4.78 is 0. The zero-order valence-corrected chi connectivity index (χ0v) is 6.05. The maximum Gasteiger partial charge on any atom is 0.277 e. The molecule has 1 aromatic heterocycles. The van der Waals surface area contributed by atoms with E-state index in [1.165, 1.54) is 0 Å². The number of H-pyrrole nitrogens is 1. The maximum absolute atomic E-state index is 10.7.